The molecule has 4 rings (SSSR count). The van der Waals surface area contributed by atoms with Crippen LogP contribution in [0.5, 0.6) is 0 Å². The summed E-state index contributed by atoms with van der Waals surface area (Å²) in [6.07, 6.45) is 2.75. The fourth-order valence-electron chi connectivity index (χ4n) is 4.31. The van der Waals surface area contributed by atoms with Crippen molar-refractivity contribution in [2.75, 3.05) is 16.1 Å². The number of amides is 1. The van der Waals surface area contributed by atoms with Crippen LogP contribution in [0.2, 0.25) is 0 Å². The van der Waals surface area contributed by atoms with Gasteiger partial charge in [0.05, 0.1) is 16.9 Å². The third kappa shape index (κ3) is 6.54. The average molecular weight is 598 g/mol. The Bertz CT molecular complexity index is 1410. The van der Waals surface area contributed by atoms with Gasteiger partial charge >= 0.3 is 5.97 Å². The largest absolute Gasteiger partial charge is 0.452 e. The van der Waals surface area contributed by atoms with Crippen molar-refractivity contribution >= 4 is 66.0 Å². The van der Waals surface area contributed by atoms with Crippen molar-refractivity contribution in [1.82, 2.24) is 4.90 Å². The molecule has 10 nitrogen and oxygen atoms in total. The second kappa shape index (κ2) is 11.4. The van der Waals surface area contributed by atoms with Crippen molar-refractivity contribution in [2.45, 2.75) is 53.6 Å². The number of esters is 1. The van der Waals surface area contributed by atoms with Gasteiger partial charge in [0.25, 0.3) is 26.0 Å². The van der Waals surface area contributed by atoms with E-state index < -0.39 is 32.6 Å². The van der Waals surface area contributed by atoms with Crippen LogP contribution in [0.1, 0.15) is 43.5 Å². The van der Waals surface area contributed by atoms with Gasteiger partial charge in [-0.05, 0) is 74.2 Å². The third-order valence-electron chi connectivity index (χ3n) is 6.00. The summed E-state index contributed by atoms with van der Waals surface area (Å²) >= 11 is 2.01. The molecule has 0 aliphatic carbocycles. The number of hydrogen-bond acceptors (Lipinski definition) is 9. The third-order valence-corrected chi connectivity index (χ3v) is 11.6. The molecule has 38 heavy (non-hydrogen) atoms. The van der Waals surface area contributed by atoms with Gasteiger partial charge in [-0.3, -0.25) is 14.2 Å². The maximum atomic E-state index is 12.9. The number of piperidine rings is 1. The number of carbonyl (C=O) groups is 2. The van der Waals surface area contributed by atoms with Crippen LogP contribution in [-0.4, -0.2) is 52.3 Å². The maximum absolute atomic E-state index is 12.9. The van der Waals surface area contributed by atoms with Crippen LogP contribution in [0.4, 0.5) is 11.4 Å². The Balaban J connectivity index is 1.59. The van der Waals surface area contributed by atoms with Crippen LogP contribution < -0.4 is 9.44 Å². The van der Waals surface area contributed by atoms with E-state index in [-0.39, 0.29) is 43.3 Å². The Morgan fingerprint density at radius 1 is 0.895 bits per heavy atom. The molecule has 1 aliphatic heterocycles. The molecule has 3 heterocycles. The van der Waals surface area contributed by atoms with E-state index in [0.29, 0.717) is 0 Å². The second-order valence-electron chi connectivity index (χ2n) is 8.88. The van der Waals surface area contributed by atoms with E-state index in [4.69, 9.17) is 4.74 Å². The minimum atomic E-state index is -3.99. The summed E-state index contributed by atoms with van der Waals surface area (Å²) in [5, 5.41) is 3.20. The highest BCUT2D eigenvalue weighted by Gasteiger charge is 2.29. The standard InChI is InChI=1S/C24H27N3O7S4/c1-16-6-3-7-17(2)27(16)21(28)15-34-24(29)18-12-19(25-37(30,31)22-8-4-10-35-22)14-20(13-18)26-38(32,33)23-9-5-11-36-23/h4-5,8-14,16-17,25-26H,3,6-7,15H2,1-2H3/t16-,17-/m0/s1. The quantitative estimate of drug-likeness (QED) is 0.350. The zero-order valence-electron chi connectivity index (χ0n) is 20.6. The first kappa shape index (κ1) is 28.1. The summed E-state index contributed by atoms with van der Waals surface area (Å²) < 4.78 is 61.2. The Kier molecular flexibility index (Phi) is 8.45. The van der Waals surface area contributed by atoms with E-state index in [0.717, 1.165) is 41.9 Å². The van der Waals surface area contributed by atoms with Gasteiger partial charge in [-0.15, -0.1) is 22.7 Å². The number of anilines is 2. The SMILES string of the molecule is C[C@H]1CCC[C@H](C)N1C(=O)COC(=O)c1cc(NS(=O)(=O)c2cccs2)cc(NS(=O)(=O)c2cccs2)c1. The number of benzene rings is 1. The molecule has 2 atom stereocenters. The topological polar surface area (TPSA) is 139 Å². The molecular formula is C24H27N3O7S4. The number of rotatable bonds is 9. The zero-order valence-corrected chi connectivity index (χ0v) is 23.9. The molecule has 0 spiro atoms. The van der Waals surface area contributed by atoms with Gasteiger partial charge in [0.2, 0.25) is 0 Å². The van der Waals surface area contributed by atoms with E-state index in [2.05, 4.69) is 9.44 Å². The number of nitrogens with zero attached hydrogens (tertiary/aromatic N) is 1. The first-order valence-electron chi connectivity index (χ1n) is 11.7. The van der Waals surface area contributed by atoms with Crippen molar-refractivity contribution in [3.8, 4) is 0 Å². The van der Waals surface area contributed by atoms with Crippen molar-refractivity contribution in [1.29, 1.82) is 0 Å². The van der Waals surface area contributed by atoms with E-state index >= 15 is 0 Å². The Labute approximate surface area is 229 Å². The van der Waals surface area contributed by atoms with Gasteiger partial charge in [0, 0.05) is 12.1 Å². The predicted octanol–water partition coefficient (Wildman–Crippen LogP) is 4.36. The zero-order chi connectivity index (χ0) is 27.5. The molecule has 0 unspecified atom stereocenters. The molecule has 1 amide bonds. The molecule has 1 fully saturated rings. The molecule has 3 aromatic rings. The smallest absolute Gasteiger partial charge is 0.338 e. The summed E-state index contributed by atoms with van der Waals surface area (Å²) in [5.41, 5.74) is -0.240. The van der Waals surface area contributed by atoms with E-state index in [1.54, 1.807) is 27.8 Å². The molecule has 0 saturated carbocycles. The van der Waals surface area contributed by atoms with Crippen molar-refractivity contribution in [3.05, 3.63) is 58.8 Å². The summed E-state index contributed by atoms with van der Waals surface area (Å²) in [4.78, 5) is 27.5. The molecule has 2 aromatic heterocycles. The van der Waals surface area contributed by atoms with E-state index in [9.17, 15) is 26.4 Å². The molecule has 0 radical (unpaired) electrons. The van der Waals surface area contributed by atoms with E-state index in [1.807, 2.05) is 13.8 Å². The lowest BCUT2D eigenvalue weighted by Gasteiger charge is -2.38. The lowest BCUT2D eigenvalue weighted by Crippen LogP contribution is -2.49. The fraction of sp³-hybridized carbons (Fsp3) is 0.333. The molecular weight excluding hydrogens is 571 g/mol. The van der Waals surface area contributed by atoms with Gasteiger partial charge in [-0.1, -0.05) is 12.1 Å². The normalized spacial score (nSPS) is 18.1. The number of carbonyl (C=O) groups excluding carboxylic acids is 2. The van der Waals surface area contributed by atoms with Gasteiger partial charge in [-0.2, -0.15) is 0 Å². The number of likely N-dealkylation sites (tertiary alicyclic amines) is 1. The molecule has 204 valence electrons. The van der Waals surface area contributed by atoms with Crippen LogP contribution >= 0.6 is 22.7 Å². The minimum absolute atomic E-state index is 0.0261. The number of hydrogen-bond donors (Lipinski definition) is 2. The minimum Gasteiger partial charge on any atom is -0.452 e. The Morgan fingerprint density at radius 3 is 1.84 bits per heavy atom. The predicted molar refractivity (Wildman–Crippen MR) is 147 cm³/mol. The number of thiophene rings is 2. The summed E-state index contributed by atoms with van der Waals surface area (Å²) in [6, 6.07) is 9.76. The lowest BCUT2D eigenvalue weighted by atomic mass is 9.97. The lowest BCUT2D eigenvalue weighted by molar-refractivity contribution is -0.140. The fourth-order valence-corrected chi connectivity index (χ4v) is 8.37. The highest BCUT2D eigenvalue weighted by atomic mass is 32.3. The molecule has 1 saturated heterocycles. The van der Waals surface area contributed by atoms with Crippen molar-refractivity contribution in [3.63, 3.8) is 0 Å². The summed E-state index contributed by atoms with van der Waals surface area (Å²) in [6.45, 7) is 3.41. The summed E-state index contributed by atoms with van der Waals surface area (Å²) in [7, 11) is -7.98. The molecule has 14 heteroatoms. The highest BCUT2D eigenvalue weighted by Crippen LogP contribution is 2.28. The second-order valence-corrected chi connectivity index (χ2v) is 14.6. The monoisotopic (exact) mass is 597 g/mol. The summed E-state index contributed by atoms with van der Waals surface area (Å²) in [5.74, 6) is -1.23. The van der Waals surface area contributed by atoms with Gasteiger partial charge in [-0.25, -0.2) is 21.6 Å². The Hall–Kier alpha value is -2.94. The Morgan fingerprint density at radius 2 is 1.39 bits per heavy atom. The molecule has 0 bridgehead atoms. The first-order valence-corrected chi connectivity index (χ1v) is 16.4. The van der Waals surface area contributed by atoms with Gasteiger partial charge in [0.15, 0.2) is 6.61 Å². The van der Waals surface area contributed by atoms with Crippen LogP contribution in [-0.2, 0) is 29.6 Å². The molecule has 1 aliphatic rings. The van der Waals surface area contributed by atoms with Crippen molar-refractivity contribution < 1.29 is 31.2 Å². The van der Waals surface area contributed by atoms with Crippen LogP contribution in [0.3, 0.4) is 0 Å². The first-order chi connectivity index (χ1) is 18.0. The van der Waals surface area contributed by atoms with Crippen LogP contribution in [0, 0.1) is 0 Å². The van der Waals surface area contributed by atoms with Crippen LogP contribution in [0.15, 0.2) is 61.6 Å². The van der Waals surface area contributed by atoms with Gasteiger partial charge in [0.1, 0.15) is 8.42 Å². The van der Waals surface area contributed by atoms with Crippen molar-refractivity contribution in [2.24, 2.45) is 0 Å². The van der Waals surface area contributed by atoms with Gasteiger partial charge < -0.3 is 9.64 Å². The number of nitrogens with one attached hydrogen (secondary N) is 2. The van der Waals surface area contributed by atoms with E-state index in [1.165, 1.54) is 30.3 Å². The van der Waals surface area contributed by atoms with Crippen LogP contribution in [0.25, 0.3) is 0 Å². The average Bonchev–Trinajstić information content (AvgIpc) is 3.57. The highest BCUT2D eigenvalue weighted by molar-refractivity contribution is 7.95. The molecule has 2 N–H and O–H groups in total. The number of sulfonamides is 2. The number of ether oxygens (including phenoxy) is 1. The molecule has 1 aromatic carbocycles. The maximum Gasteiger partial charge on any atom is 0.338 e.